The van der Waals surface area contributed by atoms with E-state index in [1.807, 2.05) is 0 Å². The molecule has 0 amide bonds. The highest BCUT2D eigenvalue weighted by Crippen LogP contribution is 2.29. The molecule has 0 aliphatic heterocycles. The smallest absolute Gasteiger partial charge is 0.0184 e. The molecule has 1 heteroatoms. The van der Waals surface area contributed by atoms with Crippen molar-refractivity contribution in [2.45, 2.75) is 0 Å². The monoisotopic (exact) mass is 94.0 g/mol. The van der Waals surface area contributed by atoms with Crippen LogP contribution in [0.3, 0.4) is 0 Å². The van der Waals surface area contributed by atoms with Gasteiger partial charge in [0.15, 0.2) is 0 Å². The second-order valence-electron chi connectivity index (χ2n) is 1.58. The van der Waals surface area contributed by atoms with Gasteiger partial charge in [-0.1, -0.05) is 24.3 Å². The van der Waals surface area contributed by atoms with Crippen LogP contribution in [0.25, 0.3) is 11.1 Å². The van der Waals surface area contributed by atoms with E-state index >= 15 is 0 Å². The Balaban J connectivity index is 0.000000245. The maximum absolute atomic E-state index is 2.12. The van der Waals surface area contributed by atoms with E-state index in [0.29, 0.717) is 0 Å². The van der Waals surface area contributed by atoms with Gasteiger partial charge in [-0.15, -0.1) is 0 Å². The van der Waals surface area contributed by atoms with Crippen LogP contribution in [0.1, 0.15) is 0 Å². The van der Waals surface area contributed by atoms with E-state index < -0.39 is 0 Å². The van der Waals surface area contributed by atoms with Gasteiger partial charge in [0.2, 0.25) is 0 Å². The van der Waals surface area contributed by atoms with Gasteiger partial charge >= 0.3 is 0 Å². The van der Waals surface area contributed by atoms with Gasteiger partial charge in [0.05, 0.1) is 0 Å². The van der Waals surface area contributed by atoms with Gasteiger partial charge in [0.1, 0.15) is 0 Å². The van der Waals surface area contributed by atoms with E-state index in [1.165, 1.54) is 11.1 Å². The van der Waals surface area contributed by atoms with Crippen molar-refractivity contribution in [3.05, 3.63) is 24.3 Å². The Morgan fingerprint density at radius 3 is 1.00 bits per heavy atom. The van der Waals surface area contributed by atoms with Crippen molar-refractivity contribution in [3.8, 4) is 11.1 Å². The molecule has 0 saturated carbocycles. The van der Waals surface area contributed by atoms with Crippen LogP contribution in [0.15, 0.2) is 24.3 Å². The first-order valence-electron chi connectivity index (χ1n) is 2.07. The summed E-state index contributed by atoms with van der Waals surface area (Å²) in [6, 6.07) is 8.48. The standard InChI is InChI=1S/C6H4.H2O/c1-2-6-4-3-5(1)6;/h1-4H;1H2. The van der Waals surface area contributed by atoms with E-state index in [1.54, 1.807) is 0 Å². The Bertz CT molecular complexity index is 143. The molecule has 0 aromatic rings. The Hall–Kier alpha value is -0.820. The number of rotatable bonds is 0. The molecule has 0 saturated heterocycles. The third-order valence-corrected chi connectivity index (χ3v) is 1.22. The van der Waals surface area contributed by atoms with Gasteiger partial charge in [0, 0.05) is 0 Å². The quantitative estimate of drug-likeness (QED) is 0.463. The van der Waals surface area contributed by atoms with Gasteiger partial charge in [-0.25, -0.2) is 0 Å². The molecule has 0 aromatic heterocycles. The first kappa shape index (κ1) is 4.34. The fourth-order valence-electron chi connectivity index (χ4n) is 0.663. The lowest BCUT2D eigenvalue weighted by molar-refractivity contribution is 0.824. The van der Waals surface area contributed by atoms with Gasteiger partial charge in [0.25, 0.3) is 0 Å². The van der Waals surface area contributed by atoms with E-state index in [-0.39, 0.29) is 5.48 Å². The molecule has 7 heavy (non-hydrogen) atoms. The van der Waals surface area contributed by atoms with Crippen molar-refractivity contribution in [2.75, 3.05) is 0 Å². The summed E-state index contributed by atoms with van der Waals surface area (Å²) >= 11 is 0. The predicted octanol–water partition coefficient (Wildman–Crippen LogP) is 0.842. The lowest BCUT2D eigenvalue weighted by atomic mass is 9.95. The Morgan fingerprint density at radius 2 is 1.00 bits per heavy atom. The highest BCUT2D eigenvalue weighted by atomic mass is 16.0. The van der Waals surface area contributed by atoms with Gasteiger partial charge in [-0.05, 0) is 11.1 Å². The van der Waals surface area contributed by atoms with Crippen molar-refractivity contribution >= 4 is 0 Å². The minimum absolute atomic E-state index is 0. The first-order valence-corrected chi connectivity index (χ1v) is 2.07. The molecule has 2 rings (SSSR count). The molecule has 0 bridgehead atoms. The summed E-state index contributed by atoms with van der Waals surface area (Å²) in [6.45, 7) is 0. The second kappa shape index (κ2) is 1.07. The van der Waals surface area contributed by atoms with E-state index in [9.17, 15) is 0 Å². The molecule has 0 atom stereocenters. The minimum Gasteiger partial charge on any atom is -0.412 e. The van der Waals surface area contributed by atoms with Crippen LogP contribution < -0.4 is 0 Å². The summed E-state index contributed by atoms with van der Waals surface area (Å²) in [5.74, 6) is 0. The Morgan fingerprint density at radius 1 is 0.714 bits per heavy atom. The van der Waals surface area contributed by atoms with E-state index in [0.717, 1.165) is 0 Å². The summed E-state index contributed by atoms with van der Waals surface area (Å²) < 4.78 is 0. The second-order valence-corrected chi connectivity index (χ2v) is 1.58. The van der Waals surface area contributed by atoms with Crippen LogP contribution in [0.2, 0.25) is 0 Å². The molecule has 36 valence electrons. The van der Waals surface area contributed by atoms with Crippen molar-refractivity contribution < 1.29 is 5.48 Å². The van der Waals surface area contributed by atoms with Crippen molar-refractivity contribution in [1.82, 2.24) is 0 Å². The summed E-state index contributed by atoms with van der Waals surface area (Å²) in [6.07, 6.45) is 0. The molecule has 0 spiro atoms. The van der Waals surface area contributed by atoms with Crippen LogP contribution in [0, 0.1) is 0 Å². The normalized spacial score (nSPS) is 9.71. The van der Waals surface area contributed by atoms with E-state index in [4.69, 9.17) is 0 Å². The summed E-state index contributed by atoms with van der Waals surface area (Å²) in [5.41, 5.74) is 2.85. The van der Waals surface area contributed by atoms with Crippen LogP contribution in [0.5, 0.6) is 0 Å². The fraction of sp³-hybridized carbons (Fsp3) is 0. The molecule has 0 heterocycles. The lowest BCUT2D eigenvalue weighted by Gasteiger charge is -2.10. The average molecular weight is 94.1 g/mol. The van der Waals surface area contributed by atoms with Gasteiger partial charge < -0.3 is 5.48 Å². The number of hydrogen-bond donors (Lipinski definition) is 0. The van der Waals surface area contributed by atoms with E-state index in [2.05, 4.69) is 24.3 Å². The summed E-state index contributed by atoms with van der Waals surface area (Å²) in [5, 5.41) is 0. The number of fused-ring (bicyclic) bond motifs is 1. The van der Waals surface area contributed by atoms with Crippen LogP contribution >= 0.6 is 0 Å². The highest BCUT2D eigenvalue weighted by molar-refractivity contribution is 5.75. The molecule has 2 N–H and O–H groups in total. The number of benzene rings is 1. The van der Waals surface area contributed by atoms with Crippen LogP contribution in [-0.2, 0) is 0 Å². The molecule has 0 fully saturated rings. The van der Waals surface area contributed by atoms with Crippen LogP contribution in [-0.4, -0.2) is 5.48 Å². The SMILES string of the molecule is O.c1cc2ccc1-2. The van der Waals surface area contributed by atoms with Crippen molar-refractivity contribution in [2.24, 2.45) is 0 Å². The topological polar surface area (TPSA) is 31.5 Å². The largest absolute Gasteiger partial charge is 0.412 e. The molecular weight excluding hydrogens is 88.1 g/mol. The number of hydrogen-bond acceptors (Lipinski definition) is 0. The molecular formula is C6H6O. The zero-order chi connectivity index (χ0) is 3.98. The van der Waals surface area contributed by atoms with Gasteiger partial charge in [-0.3, -0.25) is 0 Å². The van der Waals surface area contributed by atoms with Gasteiger partial charge in [-0.2, -0.15) is 0 Å². The maximum atomic E-state index is 2.12. The molecule has 1 nitrogen and oxygen atoms in total. The zero-order valence-corrected chi connectivity index (χ0v) is 3.81. The predicted molar refractivity (Wildman–Crippen MR) is 29.0 cm³/mol. The molecule has 2 aliphatic rings. The summed E-state index contributed by atoms with van der Waals surface area (Å²) in [4.78, 5) is 0. The molecule has 0 unspecified atom stereocenters. The van der Waals surface area contributed by atoms with Crippen molar-refractivity contribution in [1.29, 1.82) is 0 Å². The zero-order valence-electron chi connectivity index (χ0n) is 3.81. The summed E-state index contributed by atoms with van der Waals surface area (Å²) in [7, 11) is 0. The lowest BCUT2D eigenvalue weighted by Crippen LogP contribution is -1.85. The minimum atomic E-state index is 0. The Labute approximate surface area is 41.9 Å². The first-order chi connectivity index (χ1) is 2.97. The Kier molecular flexibility index (Phi) is 0.666. The molecule has 0 aromatic carbocycles. The van der Waals surface area contributed by atoms with Crippen LogP contribution in [0.4, 0.5) is 0 Å². The molecule has 0 radical (unpaired) electrons. The third kappa shape index (κ3) is 0.302. The maximum Gasteiger partial charge on any atom is -0.0184 e. The fourth-order valence-corrected chi connectivity index (χ4v) is 0.663. The average Bonchev–Trinajstić information content (AvgIpc) is 1.54. The van der Waals surface area contributed by atoms with Crippen molar-refractivity contribution in [3.63, 3.8) is 0 Å². The third-order valence-electron chi connectivity index (χ3n) is 1.22. The highest BCUT2D eigenvalue weighted by Gasteiger charge is 2.03. The molecule has 2 aliphatic carbocycles.